The lowest BCUT2D eigenvalue weighted by Gasteiger charge is -2.48. The van der Waals surface area contributed by atoms with Crippen LogP contribution in [0.2, 0.25) is 0 Å². The fourth-order valence-corrected chi connectivity index (χ4v) is 4.38. The maximum atomic E-state index is 13.2. The Bertz CT molecular complexity index is 843. The van der Waals surface area contributed by atoms with Gasteiger partial charge in [0.15, 0.2) is 11.5 Å². The third-order valence-electron chi connectivity index (χ3n) is 5.79. The predicted molar refractivity (Wildman–Crippen MR) is 92.7 cm³/mol. The van der Waals surface area contributed by atoms with Gasteiger partial charge >= 0.3 is 6.03 Å². The third-order valence-corrected chi connectivity index (χ3v) is 5.79. The van der Waals surface area contributed by atoms with Crippen LogP contribution in [-0.4, -0.2) is 68.7 Å². The van der Waals surface area contributed by atoms with Gasteiger partial charge in [-0.25, -0.2) is 4.79 Å². The predicted octanol–water partition coefficient (Wildman–Crippen LogP) is 0.147. The van der Waals surface area contributed by atoms with Crippen LogP contribution >= 0.6 is 0 Å². The minimum atomic E-state index is -1.43. The molecule has 1 saturated heterocycles. The molecule has 1 aromatic carbocycles. The number of urea groups is 1. The van der Waals surface area contributed by atoms with E-state index in [-0.39, 0.29) is 13.2 Å². The highest BCUT2D eigenvalue weighted by Gasteiger charge is 2.61. The summed E-state index contributed by atoms with van der Waals surface area (Å²) in [6.07, 6.45) is 0.513. The summed E-state index contributed by atoms with van der Waals surface area (Å²) < 4.78 is 16.6. The van der Waals surface area contributed by atoms with E-state index in [1.54, 1.807) is 7.05 Å². The fourth-order valence-electron chi connectivity index (χ4n) is 4.38. The van der Waals surface area contributed by atoms with Gasteiger partial charge in [-0.05, 0) is 25.1 Å². The molecule has 27 heavy (non-hydrogen) atoms. The molecule has 0 saturated carbocycles. The van der Waals surface area contributed by atoms with Crippen LogP contribution in [0.25, 0.3) is 0 Å². The largest absolute Gasteiger partial charge is 0.492 e. The summed E-state index contributed by atoms with van der Waals surface area (Å²) in [7, 11) is 6.02. The summed E-state index contributed by atoms with van der Waals surface area (Å²) in [5, 5.41) is 3.11. The summed E-state index contributed by atoms with van der Waals surface area (Å²) in [6, 6.07) is 0.760. The number of fused-ring (bicyclic) bond motifs is 2. The SMILES string of the molecule is CNC1Cc2cc3c(c(OC)c2CC12C(=O)N(C)C(=O)N(C)C2=O)OCO3. The lowest BCUT2D eigenvalue weighted by molar-refractivity contribution is -0.160. The molecule has 1 aromatic rings. The molecule has 4 amide bonds. The van der Waals surface area contributed by atoms with Crippen molar-refractivity contribution in [1.82, 2.24) is 15.1 Å². The van der Waals surface area contributed by atoms with Crippen LogP contribution in [0, 0.1) is 5.41 Å². The number of ether oxygens (including phenoxy) is 3. The Hall–Kier alpha value is -2.81. The molecule has 0 aromatic heterocycles. The average molecular weight is 375 g/mol. The topological polar surface area (TPSA) is 97.4 Å². The van der Waals surface area contributed by atoms with Crippen molar-refractivity contribution in [3.05, 3.63) is 17.2 Å². The zero-order chi connectivity index (χ0) is 19.5. The van der Waals surface area contributed by atoms with Gasteiger partial charge in [-0.3, -0.25) is 19.4 Å². The molecule has 1 spiro atoms. The second kappa shape index (κ2) is 5.85. The van der Waals surface area contributed by atoms with Gasteiger partial charge in [0.1, 0.15) is 5.41 Å². The van der Waals surface area contributed by atoms with E-state index in [0.29, 0.717) is 23.7 Å². The van der Waals surface area contributed by atoms with Crippen molar-refractivity contribution in [3.63, 3.8) is 0 Å². The standard InChI is InChI=1S/C18H21N3O6/c1-19-12-6-9-5-11-14(27-8-26-11)13(25-4)10(9)7-18(12)15(22)20(2)17(24)21(3)16(18)23/h5,12,19H,6-8H2,1-4H3. The van der Waals surface area contributed by atoms with Crippen molar-refractivity contribution in [2.45, 2.75) is 18.9 Å². The van der Waals surface area contributed by atoms with E-state index in [1.165, 1.54) is 21.2 Å². The van der Waals surface area contributed by atoms with Crippen molar-refractivity contribution in [2.75, 3.05) is 35.0 Å². The second-order valence-corrected chi connectivity index (χ2v) is 6.99. The van der Waals surface area contributed by atoms with Gasteiger partial charge in [-0.1, -0.05) is 0 Å². The summed E-state index contributed by atoms with van der Waals surface area (Å²) >= 11 is 0. The number of carbonyl (C=O) groups is 3. The Morgan fingerprint density at radius 2 is 1.85 bits per heavy atom. The summed E-state index contributed by atoms with van der Waals surface area (Å²) in [5.41, 5.74) is 0.218. The lowest BCUT2D eigenvalue weighted by Crippen LogP contribution is -2.70. The van der Waals surface area contributed by atoms with Gasteiger partial charge in [0.25, 0.3) is 0 Å². The fraction of sp³-hybridized carbons (Fsp3) is 0.500. The van der Waals surface area contributed by atoms with Gasteiger partial charge < -0.3 is 19.5 Å². The van der Waals surface area contributed by atoms with Crippen LogP contribution in [0.4, 0.5) is 4.79 Å². The molecule has 1 atom stereocenters. The van der Waals surface area contributed by atoms with Crippen molar-refractivity contribution in [1.29, 1.82) is 0 Å². The molecular weight excluding hydrogens is 354 g/mol. The summed E-state index contributed by atoms with van der Waals surface area (Å²) in [4.78, 5) is 40.6. The van der Waals surface area contributed by atoms with E-state index in [4.69, 9.17) is 14.2 Å². The van der Waals surface area contributed by atoms with E-state index in [9.17, 15) is 14.4 Å². The second-order valence-electron chi connectivity index (χ2n) is 6.99. The van der Waals surface area contributed by atoms with E-state index >= 15 is 0 Å². The van der Waals surface area contributed by atoms with Crippen LogP contribution in [0.5, 0.6) is 17.2 Å². The van der Waals surface area contributed by atoms with Crippen LogP contribution in [-0.2, 0) is 22.4 Å². The first kappa shape index (κ1) is 17.6. The van der Waals surface area contributed by atoms with Gasteiger partial charge in [0.2, 0.25) is 24.4 Å². The summed E-state index contributed by atoms with van der Waals surface area (Å²) in [6.45, 7) is 0.0903. The molecule has 2 heterocycles. The molecule has 0 bridgehead atoms. The molecule has 144 valence electrons. The highest BCUT2D eigenvalue weighted by Crippen LogP contribution is 2.51. The molecule has 0 radical (unpaired) electrons. The Morgan fingerprint density at radius 3 is 2.44 bits per heavy atom. The van der Waals surface area contributed by atoms with Gasteiger partial charge in [0, 0.05) is 32.1 Å². The number of benzene rings is 1. The van der Waals surface area contributed by atoms with Crippen LogP contribution in [0.1, 0.15) is 11.1 Å². The smallest absolute Gasteiger partial charge is 0.332 e. The number of hydrogen-bond acceptors (Lipinski definition) is 7. The van der Waals surface area contributed by atoms with Gasteiger partial charge in [0.05, 0.1) is 7.11 Å². The molecular formula is C18H21N3O6. The number of imide groups is 2. The number of hydrogen-bond donors (Lipinski definition) is 1. The number of likely N-dealkylation sites (N-methyl/N-ethyl adjacent to an activating group) is 1. The number of methoxy groups -OCH3 is 1. The maximum absolute atomic E-state index is 13.2. The zero-order valence-electron chi connectivity index (χ0n) is 15.6. The van der Waals surface area contributed by atoms with E-state index in [1.807, 2.05) is 6.07 Å². The molecule has 1 N–H and O–H groups in total. The van der Waals surface area contributed by atoms with E-state index in [0.717, 1.165) is 20.9 Å². The average Bonchev–Trinajstić information content (AvgIpc) is 3.15. The van der Waals surface area contributed by atoms with Crippen LogP contribution in [0.3, 0.4) is 0 Å². The minimum Gasteiger partial charge on any atom is -0.492 e. The highest BCUT2D eigenvalue weighted by molar-refractivity contribution is 6.19. The first-order chi connectivity index (χ1) is 12.9. The number of nitrogens with one attached hydrogen (secondary N) is 1. The quantitative estimate of drug-likeness (QED) is 0.735. The Balaban J connectivity index is 1.91. The molecule has 2 aliphatic heterocycles. The first-order valence-electron chi connectivity index (χ1n) is 8.62. The van der Waals surface area contributed by atoms with Gasteiger partial charge in [-0.15, -0.1) is 0 Å². The van der Waals surface area contributed by atoms with Crippen LogP contribution in [0.15, 0.2) is 6.07 Å². The van der Waals surface area contributed by atoms with Crippen LogP contribution < -0.4 is 19.5 Å². The van der Waals surface area contributed by atoms with Crippen molar-refractivity contribution < 1.29 is 28.6 Å². The minimum absolute atomic E-state index is 0.0903. The Labute approximate surface area is 156 Å². The number of carbonyl (C=O) groups excluding carboxylic acids is 3. The van der Waals surface area contributed by atoms with Crippen molar-refractivity contribution in [2.24, 2.45) is 5.41 Å². The molecule has 1 aliphatic carbocycles. The molecule has 3 aliphatic rings. The van der Waals surface area contributed by atoms with Gasteiger partial charge in [-0.2, -0.15) is 0 Å². The van der Waals surface area contributed by atoms with Crippen molar-refractivity contribution >= 4 is 17.8 Å². The molecule has 9 heteroatoms. The Kier molecular flexibility index (Phi) is 3.81. The number of amides is 4. The Morgan fingerprint density at radius 1 is 1.19 bits per heavy atom. The zero-order valence-corrected chi connectivity index (χ0v) is 15.6. The summed E-state index contributed by atoms with van der Waals surface area (Å²) in [5.74, 6) is 0.502. The number of nitrogens with zero attached hydrogens (tertiary/aromatic N) is 2. The van der Waals surface area contributed by atoms with Crippen molar-refractivity contribution in [3.8, 4) is 17.2 Å². The maximum Gasteiger partial charge on any atom is 0.332 e. The molecule has 4 rings (SSSR count). The van der Waals surface area contributed by atoms with E-state index in [2.05, 4.69) is 5.32 Å². The monoisotopic (exact) mass is 375 g/mol. The highest BCUT2D eigenvalue weighted by atomic mass is 16.7. The molecule has 9 nitrogen and oxygen atoms in total. The number of rotatable bonds is 2. The normalized spacial score (nSPS) is 23.1. The number of barbiturate groups is 1. The van der Waals surface area contributed by atoms with E-state index < -0.39 is 29.3 Å². The lowest BCUT2D eigenvalue weighted by atomic mass is 9.65. The molecule has 1 fully saturated rings. The molecule has 1 unspecified atom stereocenters. The first-order valence-corrected chi connectivity index (χ1v) is 8.62. The third kappa shape index (κ3) is 2.11.